The molecule has 0 aromatic heterocycles. The Bertz CT molecular complexity index is 1620. The number of nitrogens with zero attached hydrogens (tertiary/aromatic N) is 1. The van der Waals surface area contributed by atoms with Gasteiger partial charge in [0.1, 0.15) is 23.4 Å². The van der Waals surface area contributed by atoms with Crippen LogP contribution in [0, 0.1) is 0 Å². The van der Waals surface area contributed by atoms with Crippen molar-refractivity contribution in [2.24, 2.45) is 0 Å². The molecule has 2 bridgehead atoms. The van der Waals surface area contributed by atoms with Gasteiger partial charge >= 0.3 is 18.0 Å². The van der Waals surface area contributed by atoms with E-state index in [1.807, 2.05) is 19.2 Å². The monoisotopic (exact) mass is 728 g/mol. The molecule has 4 aliphatic rings. The second-order valence-electron chi connectivity index (χ2n) is 15.2. The third-order valence-corrected chi connectivity index (χ3v) is 10.4. The number of likely N-dealkylation sites (N-methyl/N-ethyl adjacent to an activating group) is 1. The molecule has 15 nitrogen and oxygen atoms in total. The van der Waals surface area contributed by atoms with E-state index in [1.165, 1.54) is 20.8 Å². The van der Waals surface area contributed by atoms with Crippen LogP contribution in [0.25, 0.3) is 0 Å². The van der Waals surface area contributed by atoms with Gasteiger partial charge in [0, 0.05) is 31.5 Å². The van der Waals surface area contributed by atoms with Gasteiger partial charge in [0.05, 0.1) is 18.1 Å². The Balaban J connectivity index is 1.18. The van der Waals surface area contributed by atoms with Crippen molar-refractivity contribution in [3.8, 4) is 11.5 Å². The molecule has 1 aromatic rings. The summed E-state index contributed by atoms with van der Waals surface area (Å²) < 4.78 is 28.6. The Hall–Kier alpha value is -4.37. The number of piperidine rings is 1. The van der Waals surface area contributed by atoms with E-state index in [9.17, 15) is 29.1 Å². The number of aliphatic hydroxyl groups is 1. The van der Waals surface area contributed by atoms with E-state index in [-0.39, 0.29) is 24.6 Å². The lowest BCUT2D eigenvalue weighted by Gasteiger charge is -2.61. The van der Waals surface area contributed by atoms with Gasteiger partial charge in [-0.15, -0.1) is 0 Å². The summed E-state index contributed by atoms with van der Waals surface area (Å²) in [7, 11) is 3.56. The summed E-state index contributed by atoms with van der Waals surface area (Å²) in [6.07, 6.45) is 1.65. The van der Waals surface area contributed by atoms with Crippen LogP contribution in [0.1, 0.15) is 84.8 Å². The van der Waals surface area contributed by atoms with E-state index in [0.717, 1.165) is 11.1 Å². The fraction of sp³-hybridized carbons (Fsp3) is 0.649. The van der Waals surface area contributed by atoms with Gasteiger partial charge < -0.3 is 49.6 Å². The molecule has 1 spiro atoms. The van der Waals surface area contributed by atoms with Crippen LogP contribution in [0.4, 0.5) is 4.79 Å². The van der Waals surface area contributed by atoms with Crippen LogP contribution in [0.2, 0.25) is 0 Å². The molecule has 286 valence electrons. The zero-order chi connectivity index (χ0) is 38.2. The molecule has 1 fully saturated rings. The molecule has 3 amide bonds. The number of rotatable bonds is 13. The van der Waals surface area contributed by atoms with Crippen LogP contribution in [-0.4, -0.2) is 109 Å². The van der Waals surface area contributed by atoms with Crippen molar-refractivity contribution in [2.45, 2.75) is 127 Å². The second-order valence-corrected chi connectivity index (χ2v) is 15.2. The van der Waals surface area contributed by atoms with Gasteiger partial charge in [-0.05, 0) is 98.0 Å². The largest absolute Gasteiger partial charge is 0.493 e. The van der Waals surface area contributed by atoms with Crippen molar-refractivity contribution in [2.75, 3.05) is 27.2 Å². The van der Waals surface area contributed by atoms with Crippen LogP contribution < -0.4 is 25.4 Å². The number of esters is 2. The van der Waals surface area contributed by atoms with Crippen LogP contribution >= 0.6 is 0 Å². The van der Waals surface area contributed by atoms with Crippen molar-refractivity contribution in [3.05, 3.63) is 35.1 Å². The molecule has 2 aliphatic heterocycles. The summed E-state index contributed by atoms with van der Waals surface area (Å²) in [6.45, 7) is 10.4. The first kappa shape index (κ1) is 38.9. The number of ether oxygens (including phenoxy) is 5. The number of carbonyl (C=O) groups is 5. The van der Waals surface area contributed by atoms with Gasteiger partial charge in [0.25, 0.3) is 0 Å². The van der Waals surface area contributed by atoms with E-state index in [0.29, 0.717) is 50.3 Å². The summed E-state index contributed by atoms with van der Waals surface area (Å²) >= 11 is 0. The summed E-state index contributed by atoms with van der Waals surface area (Å²) in [4.78, 5) is 65.3. The predicted octanol–water partition coefficient (Wildman–Crippen LogP) is 2.15. The fourth-order valence-electron chi connectivity index (χ4n) is 7.98. The van der Waals surface area contributed by atoms with Gasteiger partial charge in [-0.25, -0.2) is 14.4 Å². The van der Waals surface area contributed by atoms with E-state index in [4.69, 9.17) is 23.7 Å². The second kappa shape index (κ2) is 14.9. The quantitative estimate of drug-likeness (QED) is 0.132. The highest BCUT2D eigenvalue weighted by atomic mass is 16.6. The molecule has 1 aromatic carbocycles. The predicted molar refractivity (Wildman–Crippen MR) is 186 cm³/mol. The van der Waals surface area contributed by atoms with Crippen molar-refractivity contribution < 1.29 is 52.8 Å². The number of likely N-dealkylation sites (tertiary alicyclic amines) is 1. The van der Waals surface area contributed by atoms with Crippen LogP contribution in [0.3, 0.4) is 0 Å². The Labute approximate surface area is 304 Å². The van der Waals surface area contributed by atoms with Crippen molar-refractivity contribution in [3.63, 3.8) is 0 Å². The highest BCUT2D eigenvalue weighted by molar-refractivity contribution is 5.90. The Morgan fingerprint density at radius 3 is 2.50 bits per heavy atom. The molecule has 52 heavy (non-hydrogen) atoms. The molecular weight excluding hydrogens is 676 g/mol. The third kappa shape index (κ3) is 7.43. The number of methoxy groups -OCH3 is 1. The zero-order valence-corrected chi connectivity index (χ0v) is 31.3. The summed E-state index contributed by atoms with van der Waals surface area (Å²) in [5.74, 6) is -1.46. The lowest BCUT2D eigenvalue weighted by atomic mass is 9.50. The van der Waals surface area contributed by atoms with E-state index < -0.39 is 70.8 Å². The minimum absolute atomic E-state index is 0.171. The maximum absolute atomic E-state index is 13.4. The minimum atomic E-state index is -1.35. The number of hydrogen-bond acceptors (Lipinski definition) is 12. The standard InChI is InChI=1S/C37H52N4O11/c1-20(39-31(43)24(40-22(3)42)11-9-10-17-38-34(46)52-35(4,5)6)32(44)49-21(2)33(45)50-26-14-15-37(47)27-19-23-12-13-25(48-8)29-28(23)36(37,30(26)51-29)16-18-41(27)7/h12-14,20-21,24,27,30,47H,9-11,15-19H2,1-8H3,(H,38,46)(H,39,43)(H,40,42). The first-order valence-electron chi connectivity index (χ1n) is 17.9. The summed E-state index contributed by atoms with van der Waals surface area (Å²) in [6, 6.07) is 1.59. The molecule has 5 rings (SSSR count). The maximum Gasteiger partial charge on any atom is 0.407 e. The first-order chi connectivity index (χ1) is 24.4. The Morgan fingerprint density at radius 1 is 1.10 bits per heavy atom. The number of amides is 3. The van der Waals surface area contributed by atoms with Gasteiger partial charge in [-0.1, -0.05) is 6.07 Å². The number of alkyl carbamates (subject to hydrolysis) is 1. The van der Waals surface area contributed by atoms with Gasteiger partial charge in [0.2, 0.25) is 11.8 Å². The molecule has 0 saturated carbocycles. The number of unbranched alkanes of at least 4 members (excludes halogenated alkanes) is 1. The molecular formula is C37H52N4O11. The zero-order valence-electron chi connectivity index (χ0n) is 31.3. The molecule has 2 aliphatic carbocycles. The van der Waals surface area contributed by atoms with Gasteiger partial charge in [0.15, 0.2) is 23.7 Å². The molecule has 7 atom stereocenters. The Morgan fingerprint density at radius 2 is 1.83 bits per heavy atom. The molecule has 4 N–H and O–H groups in total. The summed E-state index contributed by atoms with van der Waals surface area (Å²) in [5, 5.41) is 20.2. The van der Waals surface area contributed by atoms with E-state index >= 15 is 0 Å². The number of carbonyl (C=O) groups excluding carboxylic acids is 5. The van der Waals surface area contributed by atoms with E-state index in [1.54, 1.807) is 34.0 Å². The third-order valence-electron chi connectivity index (χ3n) is 10.4. The number of hydrogen-bond donors (Lipinski definition) is 4. The lowest BCUT2D eigenvalue weighted by Crippen LogP contribution is -2.74. The minimum Gasteiger partial charge on any atom is -0.493 e. The van der Waals surface area contributed by atoms with Crippen molar-refractivity contribution >= 4 is 29.8 Å². The maximum atomic E-state index is 13.4. The summed E-state index contributed by atoms with van der Waals surface area (Å²) in [5.41, 5.74) is -0.725. The average molecular weight is 729 g/mol. The fourth-order valence-corrected chi connectivity index (χ4v) is 7.98. The topological polar surface area (TPSA) is 191 Å². The van der Waals surface area contributed by atoms with Crippen molar-refractivity contribution in [1.82, 2.24) is 20.9 Å². The molecule has 0 radical (unpaired) electrons. The number of nitrogens with one attached hydrogen (secondary N) is 3. The molecule has 7 unspecified atom stereocenters. The molecule has 2 heterocycles. The number of benzene rings is 1. The highest BCUT2D eigenvalue weighted by Crippen LogP contribution is 2.65. The molecule has 1 saturated heterocycles. The first-order valence-corrected chi connectivity index (χ1v) is 17.9. The normalized spacial score (nSPS) is 25.9. The smallest absolute Gasteiger partial charge is 0.407 e. The van der Waals surface area contributed by atoms with Crippen LogP contribution in [0.5, 0.6) is 11.5 Å². The van der Waals surface area contributed by atoms with Gasteiger partial charge in [-0.2, -0.15) is 0 Å². The highest BCUT2D eigenvalue weighted by Gasteiger charge is 2.72. The SMILES string of the molecule is COc1ccc2c3c1OC1C(OC(=O)C(C)OC(=O)C(C)NC(=O)C(CCCCNC(=O)OC(C)(C)C)NC(C)=O)=CCC4(O)C(C2)N(C)CCC314. The average Bonchev–Trinajstić information content (AvgIpc) is 3.41. The van der Waals surface area contributed by atoms with Crippen LogP contribution in [0.15, 0.2) is 24.0 Å². The Kier molecular flexibility index (Phi) is 11.2. The van der Waals surface area contributed by atoms with E-state index in [2.05, 4.69) is 20.9 Å². The molecule has 15 heteroatoms. The van der Waals surface area contributed by atoms with Crippen LogP contribution in [-0.2, 0) is 45.2 Å². The van der Waals surface area contributed by atoms with Crippen molar-refractivity contribution in [1.29, 1.82) is 0 Å². The van der Waals surface area contributed by atoms with Gasteiger partial charge in [-0.3, -0.25) is 9.59 Å². The lowest BCUT2D eigenvalue weighted by molar-refractivity contribution is -0.176.